The van der Waals surface area contributed by atoms with Gasteiger partial charge in [-0.2, -0.15) is 0 Å². The smallest absolute Gasteiger partial charge is 0.322 e. The number of para-hydroxylation sites is 1. The minimum Gasteiger partial charge on any atom is -0.486 e. The van der Waals surface area contributed by atoms with Gasteiger partial charge in [0.2, 0.25) is 0 Å². The van der Waals surface area contributed by atoms with Crippen molar-refractivity contribution in [1.29, 1.82) is 0 Å². The summed E-state index contributed by atoms with van der Waals surface area (Å²) in [6, 6.07) is 9.54. The summed E-state index contributed by atoms with van der Waals surface area (Å²) in [6.45, 7) is 1.76. The first-order valence-corrected chi connectivity index (χ1v) is 9.19. The number of hydrogen-bond acceptors (Lipinski definition) is 4. The summed E-state index contributed by atoms with van der Waals surface area (Å²) in [5.41, 5.74) is 1.79. The third-order valence-electron chi connectivity index (χ3n) is 4.91. The number of anilines is 1. The Morgan fingerprint density at radius 2 is 1.92 bits per heavy atom. The zero-order valence-corrected chi connectivity index (χ0v) is 14.7. The van der Waals surface area contributed by atoms with Gasteiger partial charge in [0.05, 0.1) is 11.7 Å². The third kappa shape index (κ3) is 3.45. The lowest BCUT2D eigenvalue weighted by Gasteiger charge is -2.31. The lowest BCUT2D eigenvalue weighted by Crippen LogP contribution is -2.38. The van der Waals surface area contributed by atoms with E-state index in [2.05, 4.69) is 10.3 Å². The van der Waals surface area contributed by atoms with Gasteiger partial charge in [0.25, 0.3) is 0 Å². The van der Waals surface area contributed by atoms with E-state index in [1.54, 1.807) is 12.4 Å². The van der Waals surface area contributed by atoms with E-state index < -0.39 is 0 Å². The molecule has 0 bridgehead atoms. The standard InChI is InChI=1S/C20H23N3O3/c24-20(22-16-5-4-7-18-19(16)26-14-13-25-18)23-12-3-1-2-6-17(23)15-8-10-21-11-9-15/h4-5,7-11,17H,1-3,6,12-14H2,(H,22,24)/t17-/m0/s1. The van der Waals surface area contributed by atoms with Crippen molar-refractivity contribution in [3.63, 3.8) is 0 Å². The number of aromatic nitrogens is 1. The molecule has 0 saturated carbocycles. The van der Waals surface area contributed by atoms with Gasteiger partial charge in [0, 0.05) is 18.9 Å². The largest absolute Gasteiger partial charge is 0.486 e. The highest BCUT2D eigenvalue weighted by molar-refractivity contribution is 5.92. The van der Waals surface area contributed by atoms with E-state index >= 15 is 0 Å². The predicted molar refractivity (Wildman–Crippen MR) is 98.6 cm³/mol. The second-order valence-electron chi connectivity index (χ2n) is 6.60. The lowest BCUT2D eigenvalue weighted by molar-refractivity contribution is 0.171. The predicted octanol–water partition coefficient (Wildman–Crippen LogP) is 4.00. The van der Waals surface area contributed by atoms with Crippen molar-refractivity contribution < 1.29 is 14.3 Å². The summed E-state index contributed by atoms with van der Waals surface area (Å²) in [5.74, 6) is 1.29. The first-order chi connectivity index (χ1) is 12.8. The average Bonchev–Trinajstić information content (AvgIpc) is 2.95. The molecule has 1 fully saturated rings. The highest BCUT2D eigenvalue weighted by atomic mass is 16.6. The van der Waals surface area contributed by atoms with Crippen LogP contribution in [-0.2, 0) is 0 Å². The van der Waals surface area contributed by atoms with Crippen LogP contribution < -0.4 is 14.8 Å². The molecule has 26 heavy (non-hydrogen) atoms. The van der Waals surface area contributed by atoms with Crippen molar-refractivity contribution in [2.24, 2.45) is 0 Å². The molecule has 1 aromatic carbocycles. The molecule has 0 radical (unpaired) electrons. The number of urea groups is 1. The normalized spacial score (nSPS) is 19.5. The average molecular weight is 353 g/mol. The Morgan fingerprint density at radius 1 is 1.08 bits per heavy atom. The summed E-state index contributed by atoms with van der Waals surface area (Å²) in [6.07, 6.45) is 7.81. The monoisotopic (exact) mass is 353 g/mol. The number of nitrogens with zero attached hydrogens (tertiary/aromatic N) is 2. The summed E-state index contributed by atoms with van der Waals surface area (Å²) in [4.78, 5) is 19.1. The fourth-order valence-corrected chi connectivity index (χ4v) is 3.64. The lowest BCUT2D eigenvalue weighted by atomic mass is 10.0. The van der Waals surface area contributed by atoms with Gasteiger partial charge < -0.3 is 19.7 Å². The Morgan fingerprint density at radius 3 is 2.81 bits per heavy atom. The number of carbonyl (C=O) groups excluding carboxylic acids is 1. The number of carbonyl (C=O) groups is 1. The van der Waals surface area contributed by atoms with Gasteiger partial charge in [-0.15, -0.1) is 0 Å². The number of benzene rings is 1. The van der Waals surface area contributed by atoms with Crippen LogP contribution in [0.25, 0.3) is 0 Å². The molecular formula is C20H23N3O3. The molecule has 2 aliphatic rings. The summed E-state index contributed by atoms with van der Waals surface area (Å²) >= 11 is 0. The summed E-state index contributed by atoms with van der Waals surface area (Å²) < 4.78 is 11.3. The molecule has 0 aliphatic carbocycles. The van der Waals surface area contributed by atoms with E-state index in [4.69, 9.17) is 9.47 Å². The second kappa shape index (κ2) is 7.64. The van der Waals surface area contributed by atoms with Crippen molar-refractivity contribution in [2.75, 3.05) is 25.1 Å². The Balaban J connectivity index is 1.57. The van der Waals surface area contributed by atoms with Gasteiger partial charge in [0.1, 0.15) is 13.2 Å². The first kappa shape index (κ1) is 16.7. The zero-order valence-electron chi connectivity index (χ0n) is 14.7. The van der Waals surface area contributed by atoms with Crippen LogP contribution in [0.2, 0.25) is 0 Å². The quantitative estimate of drug-likeness (QED) is 0.886. The zero-order chi connectivity index (χ0) is 17.8. The van der Waals surface area contributed by atoms with Crippen LogP contribution in [0.3, 0.4) is 0 Å². The van der Waals surface area contributed by atoms with Gasteiger partial charge in [-0.1, -0.05) is 18.9 Å². The summed E-state index contributed by atoms with van der Waals surface area (Å²) in [5, 5.41) is 3.03. The molecule has 6 heteroatoms. The van der Waals surface area contributed by atoms with Crippen molar-refractivity contribution >= 4 is 11.7 Å². The molecule has 2 aromatic rings. The molecule has 1 saturated heterocycles. The van der Waals surface area contributed by atoms with Gasteiger partial charge in [-0.3, -0.25) is 4.98 Å². The maximum Gasteiger partial charge on any atom is 0.322 e. The van der Waals surface area contributed by atoms with Gasteiger partial charge in [0.15, 0.2) is 11.5 Å². The number of likely N-dealkylation sites (tertiary alicyclic amines) is 1. The van der Waals surface area contributed by atoms with Gasteiger partial charge in [-0.25, -0.2) is 4.79 Å². The van der Waals surface area contributed by atoms with E-state index in [-0.39, 0.29) is 12.1 Å². The molecular weight excluding hydrogens is 330 g/mol. The molecule has 1 N–H and O–H groups in total. The van der Waals surface area contributed by atoms with Crippen LogP contribution in [0.1, 0.15) is 37.3 Å². The number of pyridine rings is 1. The van der Waals surface area contributed by atoms with Crippen molar-refractivity contribution in [1.82, 2.24) is 9.88 Å². The van der Waals surface area contributed by atoms with E-state index in [1.165, 1.54) is 0 Å². The summed E-state index contributed by atoms with van der Waals surface area (Å²) in [7, 11) is 0. The maximum absolute atomic E-state index is 13.1. The number of fused-ring (bicyclic) bond motifs is 1. The molecule has 2 aliphatic heterocycles. The molecule has 3 heterocycles. The highest BCUT2D eigenvalue weighted by Crippen LogP contribution is 2.38. The number of amides is 2. The molecule has 1 atom stereocenters. The first-order valence-electron chi connectivity index (χ1n) is 9.19. The fraction of sp³-hybridized carbons (Fsp3) is 0.400. The van der Waals surface area contributed by atoms with Crippen molar-refractivity contribution in [3.8, 4) is 11.5 Å². The van der Waals surface area contributed by atoms with Crippen LogP contribution >= 0.6 is 0 Å². The topological polar surface area (TPSA) is 63.7 Å². The maximum atomic E-state index is 13.1. The molecule has 0 unspecified atom stereocenters. The Labute approximate surface area is 153 Å². The number of hydrogen-bond donors (Lipinski definition) is 1. The van der Waals surface area contributed by atoms with E-state index in [0.717, 1.165) is 37.8 Å². The van der Waals surface area contributed by atoms with E-state index in [1.807, 2.05) is 35.2 Å². The van der Waals surface area contributed by atoms with Crippen LogP contribution in [-0.4, -0.2) is 35.7 Å². The van der Waals surface area contributed by atoms with Crippen LogP contribution in [0.5, 0.6) is 11.5 Å². The fourth-order valence-electron chi connectivity index (χ4n) is 3.64. The van der Waals surface area contributed by atoms with Crippen LogP contribution in [0.4, 0.5) is 10.5 Å². The second-order valence-corrected chi connectivity index (χ2v) is 6.60. The third-order valence-corrected chi connectivity index (χ3v) is 4.91. The number of rotatable bonds is 2. The van der Waals surface area contributed by atoms with Crippen LogP contribution in [0.15, 0.2) is 42.7 Å². The minimum atomic E-state index is -0.101. The minimum absolute atomic E-state index is 0.0669. The molecule has 2 amide bonds. The number of ether oxygens (including phenoxy) is 2. The highest BCUT2D eigenvalue weighted by Gasteiger charge is 2.28. The molecule has 136 valence electrons. The number of nitrogens with one attached hydrogen (secondary N) is 1. The Bertz CT molecular complexity index is 766. The Kier molecular flexibility index (Phi) is 4.91. The van der Waals surface area contributed by atoms with Gasteiger partial charge >= 0.3 is 6.03 Å². The van der Waals surface area contributed by atoms with Crippen LogP contribution in [0, 0.1) is 0 Å². The van der Waals surface area contributed by atoms with E-state index in [9.17, 15) is 4.79 Å². The van der Waals surface area contributed by atoms with Crippen molar-refractivity contribution in [2.45, 2.75) is 31.7 Å². The van der Waals surface area contributed by atoms with Crippen molar-refractivity contribution in [3.05, 3.63) is 48.3 Å². The molecule has 6 nitrogen and oxygen atoms in total. The molecule has 0 spiro atoms. The molecule has 1 aromatic heterocycles. The van der Waals surface area contributed by atoms with Gasteiger partial charge in [-0.05, 0) is 42.7 Å². The SMILES string of the molecule is O=C(Nc1cccc2c1OCCO2)N1CCCCC[C@H]1c1ccncc1. The molecule has 4 rings (SSSR count). The Hall–Kier alpha value is -2.76. The van der Waals surface area contributed by atoms with E-state index in [0.29, 0.717) is 30.4 Å².